The Morgan fingerprint density at radius 3 is 2.62 bits per heavy atom. The minimum absolute atomic E-state index is 0.140. The molecule has 4 rings (SSSR count). The standard InChI is InChI=1S/C25H29N3O3S/c1-28(2)32-27-25(30)17-9-11-21-22(14-17)26-24(23(21)16-7-5-4-6-8-16)20-12-10-19(31-3)13-18(20)15-29/h9-16,26H,4-8H2,1-3H3,(H,27,30). The number of amides is 1. The van der Waals surface area contributed by atoms with Crippen LogP contribution in [0.25, 0.3) is 22.2 Å². The number of methoxy groups -OCH3 is 1. The van der Waals surface area contributed by atoms with Crippen LogP contribution >= 0.6 is 12.1 Å². The van der Waals surface area contributed by atoms with E-state index in [2.05, 4.69) is 9.71 Å². The van der Waals surface area contributed by atoms with E-state index in [0.717, 1.165) is 41.3 Å². The lowest BCUT2D eigenvalue weighted by molar-refractivity contribution is 0.0983. The van der Waals surface area contributed by atoms with Gasteiger partial charge in [0.1, 0.15) is 5.75 Å². The Balaban J connectivity index is 1.84. The Hall–Kier alpha value is -2.77. The molecular weight excluding hydrogens is 422 g/mol. The van der Waals surface area contributed by atoms with Crippen LogP contribution in [0.2, 0.25) is 0 Å². The van der Waals surface area contributed by atoms with Gasteiger partial charge in [-0.1, -0.05) is 25.3 Å². The van der Waals surface area contributed by atoms with E-state index in [-0.39, 0.29) is 5.91 Å². The number of benzene rings is 2. The fourth-order valence-corrected chi connectivity index (χ4v) is 4.96. The maximum Gasteiger partial charge on any atom is 0.262 e. The lowest BCUT2D eigenvalue weighted by Gasteiger charge is -2.23. The van der Waals surface area contributed by atoms with Gasteiger partial charge in [-0.3, -0.25) is 14.3 Å². The van der Waals surface area contributed by atoms with Gasteiger partial charge in [0.25, 0.3) is 5.91 Å². The molecule has 1 aromatic heterocycles. The Morgan fingerprint density at radius 2 is 1.94 bits per heavy atom. The van der Waals surface area contributed by atoms with Gasteiger partial charge in [-0.15, -0.1) is 0 Å². The van der Waals surface area contributed by atoms with Crippen LogP contribution in [0.1, 0.15) is 64.3 Å². The first-order valence-electron chi connectivity index (χ1n) is 11.0. The van der Waals surface area contributed by atoms with Crippen LogP contribution in [0.15, 0.2) is 36.4 Å². The molecule has 0 radical (unpaired) electrons. The van der Waals surface area contributed by atoms with Gasteiger partial charge in [-0.2, -0.15) is 0 Å². The number of hydrogen-bond acceptors (Lipinski definition) is 5. The van der Waals surface area contributed by atoms with Crippen molar-refractivity contribution in [2.24, 2.45) is 0 Å². The first kappa shape index (κ1) is 22.4. The maximum atomic E-state index is 12.6. The van der Waals surface area contributed by atoms with Crippen molar-refractivity contribution in [1.29, 1.82) is 0 Å². The molecule has 1 aliphatic rings. The van der Waals surface area contributed by atoms with Crippen molar-refractivity contribution >= 4 is 35.2 Å². The number of H-pyrrole nitrogens is 1. The molecule has 1 saturated carbocycles. The molecule has 7 heteroatoms. The highest BCUT2D eigenvalue weighted by Crippen LogP contribution is 2.43. The minimum atomic E-state index is -0.140. The van der Waals surface area contributed by atoms with Crippen molar-refractivity contribution in [3.05, 3.63) is 53.1 Å². The summed E-state index contributed by atoms with van der Waals surface area (Å²) in [6, 6.07) is 11.4. The topological polar surface area (TPSA) is 74.4 Å². The second-order valence-corrected chi connectivity index (χ2v) is 9.53. The van der Waals surface area contributed by atoms with Gasteiger partial charge in [-0.25, -0.2) is 4.31 Å². The zero-order valence-electron chi connectivity index (χ0n) is 18.7. The summed E-state index contributed by atoms with van der Waals surface area (Å²) in [5, 5.41) is 1.12. The molecule has 0 bridgehead atoms. The van der Waals surface area contributed by atoms with E-state index in [4.69, 9.17) is 4.74 Å². The zero-order valence-corrected chi connectivity index (χ0v) is 19.6. The number of nitrogens with zero attached hydrogens (tertiary/aromatic N) is 1. The van der Waals surface area contributed by atoms with Gasteiger partial charge in [0.15, 0.2) is 6.29 Å². The average Bonchev–Trinajstić information content (AvgIpc) is 3.21. The monoisotopic (exact) mass is 451 g/mol. The first-order valence-corrected chi connectivity index (χ1v) is 11.7. The van der Waals surface area contributed by atoms with Crippen molar-refractivity contribution < 1.29 is 14.3 Å². The number of aldehydes is 1. The van der Waals surface area contributed by atoms with Crippen LogP contribution in [0.3, 0.4) is 0 Å². The van der Waals surface area contributed by atoms with Crippen molar-refractivity contribution in [3.63, 3.8) is 0 Å². The van der Waals surface area contributed by atoms with Gasteiger partial charge in [0.2, 0.25) is 0 Å². The normalized spacial score (nSPS) is 14.6. The Morgan fingerprint density at radius 1 is 1.16 bits per heavy atom. The van der Waals surface area contributed by atoms with Crippen LogP contribution < -0.4 is 9.46 Å². The zero-order chi connectivity index (χ0) is 22.7. The molecule has 3 aromatic rings. The van der Waals surface area contributed by atoms with Gasteiger partial charge >= 0.3 is 0 Å². The molecule has 0 spiro atoms. The third-order valence-electron chi connectivity index (χ3n) is 6.09. The van der Waals surface area contributed by atoms with Crippen LogP contribution in [0.4, 0.5) is 0 Å². The van der Waals surface area contributed by atoms with E-state index in [1.54, 1.807) is 13.2 Å². The molecule has 0 aliphatic heterocycles. The summed E-state index contributed by atoms with van der Waals surface area (Å²) in [4.78, 5) is 28.1. The molecule has 1 fully saturated rings. The number of rotatable bonds is 7. The molecule has 2 N–H and O–H groups in total. The lowest BCUT2D eigenvalue weighted by atomic mass is 9.81. The molecule has 32 heavy (non-hydrogen) atoms. The number of carbonyl (C=O) groups excluding carboxylic acids is 2. The quantitative estimate of drug-likeness (QED) is 0.363. The summed E-state index contributed by atoms with van der Waals surface area (Å²) >= 11 is 1.25. The fraction of sp³-hybridized carbons (Fsp3) is 0.360. The fourth-order valence-electron chi connectivity index (χ4n) is 4.57. The smallest absolute Gasteiger partial charge is 0.262 e. The summed E-state index contributed by atoms with van der Waals surface area (Å²) in [5.74, 6) is 0.945. The van der Waals surface area contributed by atoms with Gasteiger partial charge in [0.05, 0.1) is 12.8 Å². The molecular formula is C25H29N3O3S. The summed E-state index contributed by atoms with van der Waals surface area (Å²) in [5.41, 5.74) is 5.19. The molecule has 2 aromatic carbocycles. The molecule has 1 amide bonds. The van der Waals surface area contributed by atoms with Crippen molar-refractivity contribution in [2.45, 2.75) is 38.0 Å². The van der Waals surface area contributed by atoms with Gasteiger partial charge in [-0.05, 0) is 68.8 Å². The van der Waals surface area contributed by atoms with Crippen molar-refractivity contribution in [2.75, 3.05) is 21.2 Å². The number of aromatic nitrogens is 1. The van der Waals surface area contributed by atoms with Crippen LogP contribution in [0, 0.1) is 0 Å². The highest BCUT2D eigenvalue weighted by Gasteiger charge is 2.25. The van der Waals surface area contributed by atoms with Crippen LogP contribution in [0.5, 0.6) is 5.75 Å². The predicted molar refractivity (Wildman–Crippen MR) is 130 cm³/mol. The number of carbonyl (C=O) groups is 2. The largest absolute Gasteiger partial charge is 0.497 e. The van der Waals surface area contributed by atoms with Crippen LogP contribution in [-0.4, -0.2) is 42.7 Å². The summed E-state index contributed by atoms with van der Waals surface area (Å²) in [7, 11) is 5.35. The Labute approximate surface area is 193 Å². The van der Waals surface area contributed by atoms with E-state index < -0.39 is 0 Å². The molecule has 0 atom stereocenters. The molecule has 168 valence electrons. The van der Waals surface area contributed by atoms with E-state index in [1.807, 2.05) is 48.7 Å². The maximum absolute atomic E-state index is 12.6. The number of ether oxygens (including phenoxy) is 1. The Kier molecular flexibility index (Phi) is 6.86. The molecule has 6 nitrogen and oxygen atoms in total. The SMILES string of the molecule is COc1ccc(-c2[nH]c3cc(C(=O)NSN(C)C)ccc3c2C2CCCCC2)c(C=O)c1. The predicted octanol–water partition coefficient (Wildman–Crippen LogP) is 5.56. The number of fused-ring (bicyclic) bond motifs is 1. The summed E-state index contributed by atoms with van der Waals surface area (Å²) in [6.45, 7) is 0. The molecule has 0 unspecified atom stereocenters. The minimum Gasteiger partial charge on any atom is -0.497 e. The molecule has 0 saturated heterocycles. The lowest BCUT2D eigenvalue weighted by Crippen LogP contribution is -2.20. The number of nitrogens with one attached hydrogen (secondary N) is 2. The highest BCUT2D eigenvalue weighted by molar-refractivity contribution is 7.95. The van der Waals surface area contributed by atoms with Crippen LogP contribution in [-0.2, 0) is 0 Å². The molecule has 1 heterocycles. The summed E-state index contributed by atoms with van der Waals surface area (Å²) < 4.78 is 9.98. The van der Waals surface area contributed by atoms with E-state index in [0.29, 0.717) is 22.8 Å². The highest BCUT2D eigenvalue weighted by atomic mass is 32.2. The van der Waals surface area contributed by atoms with Crippen molar-refractivity contribution in [3.8, 4) is 17.0 Å². The van der Waals surface area contributed by atoms with E-state index in [1.165, 1.54) is 37.0 Å². The first-order chi connectivity index (χ1) is 15.5. The van der Waals surface area contributed by atoms with Crippen molar-refractivity contribution in [1.82, 2.24) is 14.0 Å². The third kappa shape index (κ3) is 4.54. The Bertz CT molecular complexity index is 1130. The second kappa shape index (κ2) is 9.79. The second-order valence-electron chi connectivity index (χ2n) is 8.41. The van der Waals surface area contributed by atoms with E-state index in [9.17, 15) is 9.59 Å². The molecule has 1 aliphatic carbocycles. The number of aromatic amines is 1. The average molecular weight is 452 g/mol. The van der Waals surface area contributed by atoms with Gasteiger partial charge in [0, 0.05) is 39.7 Å². The third-order valence-corrected chi connectivity index (χ3v) is 6.73. The van der Waals surface area contributed by atoms with E-state index >= 15 is 0 Å². The van der Waals surface area contributed by atoms with Gasteiger partial charge < -0.3 is 9.72 Å². The number of hydrogen-bond donors (Lipinski definition) is 2. The summed E-state index contributed by atoms with van der Waals surface area (Å²) in [6.07, 6.45) is 6.84.